The standard InChI is InChI=1S/C45H71O10P/c1-3-5-7-8-9-10-11-12-13-14-15-16-17-18-22-25-31-38-45(49)55-43(40-54-56(50,51)52)39-53-44(48)37-32-26-30-36-42(47)35-29-24-21-19-20-23-28-34-41(46)33-27-6-4-2/h6,12-13,15-16,18,20-24,27-30,34-36,41-43,46-47H,3-5,7-11,14,17,19,25-26,31-33,37-40H2,1-2H3,(H2,50,51,52)/b13-12-,16-15-,22-18-,23-20-,24-21-,27-6-,34-28+,35-29+,36-30-/t41-,42-,43-/m1/s1. The number of rotatable bonds is 35. The molecule has 0 aliphatic heterocycles. The molecule has 0 aliphatic carbocycles. The van der Waals surface area contributed by atoms with Gasteiger partial charge in [0.15, 0.2) is 6.10 Å². The average Bonchev–Trinajstić information content (AvgIpc) is 3.16. The van der Waals surface area contributed by atoms with Gasteiger partial charge in [0.25, 0.3) is 0 Å². The van der Waals surface area contributed by atoms with E-state index in [0.717, 1.165) is 25.7 Å². The zero-order valence-corrected chi connectivity index (χ0v) is 34.8. The monoisotopic (exact) mass is 802 g/mol. The molecule has 56 heavy (non-hydrogen) atoms. The van der Waals surface area contributed by atoms with Crippen LogP contribution < -0.4 is 0 Å². The Kier molecular flexibility index (Phi) is 36.2. The van der Waals surface area contributed by atoms with Crippen LogP contribution in [0, 0.1) is 0 Å². The van der Waals surface area contributed by atoms with Gasteiger partial charge in [-0.3, -0.25) is 14.1 Å². The third kappa shape index (κ3) is 40.3. The van der Waals surface area contributed by atoms with E-state index in [1.807, 2.05) is 54.7 Å². The third-order valence-electron chi connectivity index (χ3n) is 7.95. The van der Waals surface area contributed by atoms with Crippen LogP contribution in [0.25, 0.3) is 0 Å². The number of allylic oxidation sites excluding steroid dienone is 14. The molecule has 11 heteroatoms. The zero-order chi connectivity index (χ0) is 41.4. The number of aliphatic hydroxyl groups is 2. The van der Waals surface area contributed by atoms with Gasteiger partial charge in [-0.15, -0.1) is 0 Å². The molecule has 0 radical (unpaired) electrons. The number of phosphoric acid groups is 1. The lowest BCUT2D eigenvalue weighted by molar-refractivity contribution is -0.161. The van der Waals surface area contributed by atoms with Crippen LogP contribution in [-0.4, -0.2) is 63.5 Å². The molecular weight excluding hydrogens is 731 g/mol. The summed E-state index contributed by atoms with van der Waals surface area (Å²) in [6.07, 6.45) is 47.5. The number of carbonyl (C=O) groups is 2. The van der Waals surface area contributed by atoms with E-state index in [-0.39, 0.29) is 12.8 Å². The lowest BCUT2D eigenvalue weighted by Gasteiger charge is -2.18. The normalized spacial score (nSPS) is 14.8. The van der Waals surface area contributed by atoms with Crippen molar-refractivity contribution < 1.29 is 48.2 Å². The first kappa shape index (κ1) is 52.6. The van der Waals surface area contributed by atoms with Crippen molar-refractivity contribution in [3.63, 3.8) is 0 Å². The molecule has 0 aromatic rings. The van der Waals surface area contributed by atoms with Gasteiger partial charge in [0.2, 0.25) is 0 Å². The SMILES string of the molecule is CC/C=C\C[C@@H](O)/C=C/C=C\C/C=C\C=C\[C@@H](O)/C=C\CCCC(=O)OC[C@H](COP(=O)(O)O)OC(=O)CCC/C=C\C/C=C\C/C=C\CCCCCCCC. The molecule has 0 unspecified atom stereocenters. The second kappa shape index (κ2) is 38.5. The second-order valence-electron chi connectivity index (χ2n) is 13.3. The first-order chi connectivity index (χ1) is 27.1. The number of carbonyl (C=O) groups excluding carboxylic acids is 2. The molecule has 3 atom stereocenters. The van der Waals surface area contributed by atoms with Gasteiger partial charge in [-0.25, -0.2) is 4.57 Å². The molecule has 0 fully saturated rings. The topological polar surface area (TPSA) is 160 Å². The number of hydrogen-bond acceptors (Lipinski definition) is 8. The maximum atomic E-state index is 12.4. The van der Waals surface area contributed by atoms with Crippen LogP contribution in [0.15, 0.2) is 109 Å². The molecule has 316 valence electrons. The second-order valence-corrected chi connectivity index (χ2v) is 14.5. The molecule has 0 saturated heterocycles. The molecule has 0 aromatic carbocycles. The highest BCUT2D eigenvalue weighted by Crippen LogP contribution is 2.36. The van der Waals surface area contributed by atoms with Crippen LogP contribution in [0.3, 0.4) is 0 Å². The largest absolute Gasteiger partial charge is 0.469 e. The Morgan fingerprint density at radius 2 is 1.16 bits per heavy atom. The predicted molar refractivity (Wildman–Crippen MR) is 228 cm³/mol. The minimum Gasteiger partial charge on any atom is -0.462 e. The number of unbranched alkanes of at least 4 members (excludes halogenated alkanes) is 8. The van der Waals surface area contributed by atoms with E-state index >= 15 is 0 Å². The van der Waals surface area contributed by atoms with Crippen molar-refractivity contribution in [2.75, 3.05) is 13.2 Å². The zero-order valence-electron chi connectivity index (χ0n) is 34.0. The summed E-state index contributed by atoms with van der Waals surface area (Å²) in [5.74, 6) is -1.14. The maximum Gasteiger partial charge on any atom is 0.469 e. The van der Waals surface area contributed by atoms with Crippen molar-refractivity contribution in [2.24, 2.45) is 0 Å². The van der Waals surface area contributed by atoms with E-state index in [0.29, 0.717) is 38.5 Å². The average molecular weight is 803 g/mol. The summed E-state index contributed by atoms with van der Waals surface area (Å²) >= 11 is 0. The molecule has 0 aliphatic rings. The van der Waals surface area contributed by atoms with E-state index in [1.165, 1.54) is 38.5 Å². The van der Waals surface area contributed by atoms with Crippen molar-refractivity contribution in [3.05, 3.63) is 109 Å². The minimum absolute atomic E-state index is 0.0636. The fourth-order valence-electron chi connectivity index (χ4n) is 4.89. The Bertz CT molecular complexity index is 1300. The summed E-state index contributed by atoms with van der Waals surface area (Å²) in [4.78, 5) is 42.8. The highest BCUT2D eigenvalue weighted by molar-refractivity contribution is 7.46. The predicted octanol–water partition coefficient (Wildman–Crippen LogP) is 10.3. The summed E-state index contributed by atoms with van der Waals surface area (Å²) in [5.41, 5.74) is 0. The lowest BCUT2D eigenvalue weighted by Crippen LogP contribution is -2.29. The first-order valence-electron chi connectivity index (χ1n) is 20.4. The molecule has 0 amide bonds. The summed E-state index contributed by atoms with van der Waals surface area (Å²) < 4.78 is 26.2. The third-order valence-corrected chi connectivity index (χ3v) is 8.44. The van der Waals surface area contributed by atoms with E-state index < -0.39 is 51.3 Å². The van der Waals surface area contributed by atoms with Gasteiger partial charge >= 0.3 is 19.8 Å². The van der Waals surface area contributed by atoms with Crippen LogP contribution in [0.2, 0.25) is 0 Å². The first-order valence-corrected chi connectivity index (χ1v) is 21.9. The molecule has 0 bridgehead atoms. The van der Waals surface area contributed by atoms with Crippen molar-refractivity contribution >= 4 is 19.8 Å². The van der Waals surface area contributed by atoms with Crippen molar-refractivity contribution in [3.8, 4) is 0 Å². The number of aliphatic hydroxyl groups excluding tert-OH is 2. The van der Waals surface area contributed by atoms with Gasteiger partial charge in [0.05, 0.1) is 18.8 Å². The summed E-state index contributed by atoms with van der Waals surface area (Å²) in [6, 6.07) is 0. The Hall–Kier alpha value is -3.37. The van der Waals surface area contributed by atoms with Gasteiger partial charge < -0.3 is 29.5 Å². The molecule has 10 nitrogen and oxygen atoms in total. The highest BCUT2D eigenvalue weighted by atomic mass is 31.2. The number of ether oxygens (including phenoxy) is 2. The van der Waals surface area contributed by atoms with Crippen molar-refractivity contribution in [2.45, 2.75) is 148 Å². The van der Waals surface area contributed by atoms with E-state index in [2.05, 4.69) is 42.7 Å². The van der Waals surface area contributed by atoms with Crippen molar-refractivity contribution in [1.29, 1.82) is 0 Å². The molecule has 0 rings (SSSR count). The highest BCUT2D eigenvalue weighted by Gasteiger charge is 2.22. The van der Waals surface area contributed by atoms with Gasteiger partial charge in [-0.1, -0.05) is 155 Å². The van der Waals surface area contributed by atoms with Crippen LogP contribution in [-0.2, 0) is 28.2 Å². The molecular formula is C45H71O10P. The number of esters is 2. The Balaban J connectivity index is 4.30. The number of hydrogen-bond donors (Lipinski definition) is 4. The number of phosphoric ester groups is 1. The van der Waals surface area contributed by atoms with Crippen molar-refractivity contribution in [1.82, 2.24) is 0 Å². The van der Waals surface area contributed by atoms with Crippen LogP contribution >= 0.6 is 7.82 Å². The van der Waals surface area contributed by atoms with Gasteiger partial charge in [0.1, 0.15) is 6.61 Å². The summed E-state index contributed by atoms with van der Waals surface area (Å²) in [7, 11) is -4.82. The van der Waals surface area contributed by atoms with E-state index in [9.17, 15) is 24.4 Å². The fourth-order valence-corrected chi connectivity index (χ4v) is 5.25. The molecule has 0 spiro atoms. The Morgan fingerprint density at radius 1 is 0.589 bits per heavy atom. The van der Waals surface area contributed by atoms with Gasteiger partial charge in [-0.2, -0.15) is 0 Å². The summed E-state index contributed by atoms with van der Waals surface area (Å²) in [6.45, 7) is 3.26. The van der Waals surface area contributed by atoms with E-state index in [4.69, 9.17) is 19.3 Å². The Labute approximate surface area is 337 Å². The van der Waals surface area contributed by atoms with Gasteiger partial charge in [-0.05, 0) is 70.6 Å². The van der Waals surface area contributed by atoms with Gasteiger partial charge in [0, 0.05) is 12.8 Å². The molecule has 0 aromatic heterocycles. The summed E-state index contributed by atoms with van der Waals surface area (Å²) in [5, 5.41) is 19.9. The fraction of sp³-hybridized carbons (Fsp3) is 0.556. The lowest BCUT2D eigenvalue weighted by atomic mass is 10.1. The van der Waals surface area contributed by atoms with Crippen LogP contribution in [0.5, 0.6) is 0 Å². The van der Waals surface area contributed by atoms with E-state index in [1.54, 1.807) is 30.4 Å². The van der Waals surface area contributed by atoms with Crippen LogP contribution in [0.4, 0.5) is 0 Å². The molecule has 4 N–H and O–H groups in total. The molecule has 0 heterocycles. The van der Waals surface area contributed by atoms with Crippen LogP contribution in [0.1, 0.15) is 129 Å². The smallest absolute Gasteiger partial charge is 0.462 e. The molecule has 0 saturated carbocycles. The quantitative estimate of drug-likeness (QED) is 0.0160. The minimum atomic E-state index is -4.82. The Morgan fingerprint density at radius 3 is 1.82 bits per heavy atom. The maximum absolute atomic E-state index is 12.4.